The van der Waals surface area contributed by atoms with Gasteiger partial charge in [-0.3, -0.25) is 4.79 Å². The summed E-state index contributed by atoms with van der Waals surface area (Å²) in [7, 11) is -3.93. The molecule has 0 aromatic heterocycles. The van der Waals surface area contributed by atoms with Crippen LogP contribution in [0.15, 0.2) is 77.7 Å². The van der Waals surface area contributed by atoms with Crippen molar-refractivity contribution in [2.75, 3.05) is 18.5 Å². The normalized spacial score (nSPS) is 11.3. The molecule has 0 aliphatic carbocycles. The van der Waals surface area contributed by atoms with E-state index < -0.39 is 21.9 Å². The van der Waals surface area contributed by atoms with Gasteiger partial charge in [-0.05, 0) is 62.7 Å². The van der Waals surface area contributed by atoms with Crippen LogP contribution in [0.5, 0.6) is 0 Å². The highest BCUT2D eigenvalue weighted by atomic mass is 32.2. The molecule has 0 atom stereocenters. The SMILES string of the molecule is CCOC(=O)c1ccc(NC(=O)CN(Cc2ccc(C)cc2)S(=O)(=O)c2ccc(C)cc2)cc1. The molecule has 178 valence electrons. The lowest BCUT2D eigenvalue weighted by Crippen LogP contribution is -2.37. The number of carbonyl (C=O) groups excluding carboxylic acids is 2. The van der Waals surface area contributed by atoms with Crippen LogP contribution in [0.25, 0.3) is 0 Å². The molecule has 0 heterocycles. The summed E-state index contributed by atoms with van der Waals surface area (Å²) in [4.78, 5) is 24.7. The molecule has 0 aliphatic rings. The van der Waals surface area contributed by atoms with Gasteiger partial charge in [0.15, 0.2) is 0 Å². The molecule has 0 unspecified atom stereocenters. The Morgan fingerprint density at radius 3 is 1.97 bits per heavy atom. The van der Waals surface area contributed by atoms with Gasteiger partial charge in [0.25, 0.3) is 0 Å². The predicted molar refractivity (Wildman–Crippen MR) is 131 cm³/mol. The Morgan fingerprint density at radius 2 is 1.41 bits per heavy atom. The van der Waals surface area contributed by atoms with Crippen LogP contribution in [0.1, 0.15) is 34.0 Å². The van der Waals surface area contributed by atoms with E-state index in [1.807, 2.05) is 38.1 Å². The minimum atomic E-state index is -3.93. The number of nitrogens with one attached hydrogen (secondary N) is 1. The molecule has 8 heteroatoms. The van der Waals surface area contributed by atoms with E-state index in [4.69, 9.17) is 4.74 Å². The fourth-order valence-electron chi connectivity index (χ4n) is 3.25. The third kappa shape index (κ3) is 6.52. The van der Waals surface area contributed by atoms with Crippen molar-refractivity contribution in [3.8, 4) is 0 Å². The second kappa shape index (κ2) is 11.1. The number of ether oxygens (including phenoxy) is 1. The van der Waals surface area contributed by atoms with E-state index in [2.05, 4.69) is 5.32 Å². The van der Waals surface area contributed by atoms with E-state index in [9.17, 15) is 18.0 Å². The second-order valence-electron chi connectivity index (χ2n) is 7.92. The van der Waals surface area contributed by atoms with Crippen molar-refractivity contribution < 1.29 is 22.7 Å². The number of hydrogen-bond donors (Lipinski definition) is 1. The summed E-state index contributed by atoms with van der Waals surface area (Å²) < 4.78 is 32.9. The number of rotatable bonds is 9. The summed E-state index contributed by atoms with van der Waals surface area (Å²) in [5.74, 6) is -0.944. The smallest absolute Gasteiger partial charge is 0.338 e. The van der Waals surface area contributed by atoms with Crippen molar-refractivity contribution in [3.63, 3.8) is 0 Å². The topological polar surface area (TPSA) is 92.8 Å². The Hall–Kier alpha value is -3.49. The largest absolute Gasteiger partial charge is 0.462 e. The maximum atomic E-state index is 13.4. The van der Waals surface area contributed by atoms with Gasteiger partial charge < -0.3 is 10.1 Å². The van der Waals surface area contributed by atoms with Crippen LogP contribution in [0.2, 0.25) is 0 Å². The van der Waals surface area contributed by atoms with Crippen molar-refractivity contribution in [2.45, 2.75) is 32.2 Å². The Balaban J connectivity index is 1.80. The lowest BCUT2D eigenvalue weighted by Gasteiger charge is -2.22. The maximum absolute atomic E-state index is 13.4. The molecule has 0 aliphatic heterocycles. The summed E-state index contributed by atoms with van der Waals surface area (Å²) in [5.41, 5.74) is 3.57. The lowest BCUT2D eigenvalue weighted by molar-refractivity contribution is -0.116. The highest BCUT2D eigenvalue weighted by molar-refractivity contribution is 7.89. The number of anilines is 1. The highest BCUT2D eigenvalue weighted by Gasteiger charge is 2.27. The van der Waals surface area contributed by atoms with Gasteiger partial charge in [-0.2, -0.15) is 4.31 Å². The zero-order chi connectivity index (χ0) is 24.7. The molecule has 7 nitrogen and oxygen atoms in total. The highest BCUT2D eigenvalue weighted by Crippen LogP contribution is 2.20. The molecule has 1 amide bonds. The van der Waals surface area contributed by atoms with Crippen LogP contribution < -0.4 is 5.32 Å². The molecular weight excluding hydrogens is 452 g/mol. The number of carbonyl (C=O) groups is 2. The Bertz CT molecular complexity index is 1240. The van der Waals surface area contributed by atoms with Crippen molar-refractivity contribution in [1.29, 1.82) is 0 Å². The number of esters is 1. The van der Waals surface area contributed by atoms with E-state index in [1.54, 1.807) is 55.5 Å². The Morgan fingerprint density at radius 1 is 0.853 bits per heavy atom. The van der Waals surface area contributed by atoms with Crippen molar-refractivity contribution >= 4 is 27.6 Å². The third-order valence-electron chi connectivity index (χ3n) is 5.14. The average Bonchev–Trinajstić information content (AvgIpc) is 2.81. The van der Waals surface area contributed by atoms with Gasteiger partial charge in [0.2, 0.25) is 15.9 Å². The minimum absolute atomic E-state index is 0.0473. The second-order valence-corrected chi connectivity index (χ2v) is 9.86. The van der Waals surface area contributed by atoms with Gasteiger partial charge in [-0.15, -0.1) is 0 Å². The van der Waals surface area contributed by atoms with E-state index >= 15 is 0 Å². The van der Waals surface area contributed by atoms with E-state index in [0.29, 0.717) is 11.3 Å². The first-order chi connectivity index (χ1) is 16.2. The predicted octanol–water partition coefficient (Wildman–Crippen LogP) is 4.31. The molecule has 1 N–H and O–H groups in total. The monoisotopic (exact) mass is 480 g/mol. The van der Waals surface area contributed by atoms with Crippen molar-refractivity contribution in [2.24, 2.45) is 0 Å². The van der Waals surface area contributed by atoms with Crippen LogP contribution in [0.4, 0.5) is 5.69 Å². The van der Waals surface area contributed by atoms with Gasteiger partial charge in [-0.25, -0.2) is 13.2 Å². The van der Waals surface area contributed by atoms with Gasteiger partial charge >= 0.3 is 5.97 Å². The Kier molecular flexibility index (Phi) is 8.20. The van der Waals surface area contributed by atoms with E-state index in [-0.39, 0.29) is 24.6 Å². The molecule has 0 radical (unpaired) electrons. The first-order valence-corrected chi connectivity index (χ1v) is 12.3. The van der Waals surface area contributed by atoms with Gasteiger partial charge in [0, 0.05) is 12.2 Å². The number of benzene rings is 3. The molecule has 0 spiro atoms. The summed E-state index contributed by atoms with van der Waals surface area (Å²) >= 11 is 0. The minimum Gasteiger partial charge on any atom is -0.462 e. The standard InChI is InChI=1S/C26H28N2O5S/c1-4-33-26(30)22-11-13-23(14-12-22)27-25(29)18-28(17-21-9-5-19(2)6-10-21)34(31,32)24-15-7-20(3)8-16-24/h5-16H,4,17-18H2,1-3H3,(H,27,29). The molecule has 0 saturated carbocycles. The summed E-state index contributed by atoms with van der Waals surface area (Å²) in [5, 5.41) is 2.70. The summed E-state index contributed by atoms with van der Waals surface area (Å²) in [6.45, 7) is 5.49. The molecule has 0 saturated heterocycles. The number of aryl methyl sites for hydroxylation is 2. The molecule has 3 rings (SSSR count). The van der Waals surface area contributed by atoms with Crippen LogP contribution in [0, 0.1) is 13.8 Å². The fourth-order valence-corrected chi connectivity index (χ4v) is 4.63. The van der Waals surface area contributed by atoms with Crippen molar-refractivity contribution in [1.82, 2.24) is 4.31 Å². The quantitative estimate of drug-likeness (QED) is 0.461. The maximum Gasteiger partial charge on any atom is 0.338 e. The van der Waals surface area contributed by atoms with E-state index in [0.717, 1.165) is 21.0 Å². The molecule has 34 heavy (non-hydrogen) atoms. The number of amides is 1. The van der Waals surface area contributed by atoms with Crippen LogP contribution in [0.3, 0.4) is 0 Å². The molecule has 0 fully saturated rings. The Labute approximate surface area is 200 Å². The first kappa shape index (κ1) is 25.1. The van der Waals surface area contributed by atoms with Gasteiger partial charge in [0.05, 0.1) is 23.6 Å². The zero-order valence-corrected chi connectivity index (χ0v) is 20.3. The number of hydrogen-bond acceptors (Lipinski definition) is 5. The fraction of sp³-hybridized carbons (Fsp3) is 0.231. The van der Waals surface area contributed by atoms with E-state index in [1.165, 1.54) is 0 Å². The zero-order valence-electron chi connectivity index (χ0n) is 19.4. The van der Waals surface area contributed by atoms with Crippen LogP contribution in [-0.4, -0.2) is 37.8 Å². The number of nitrogens with zero attached hydrogens (tertiary/aromatic N) is 1. The van der Waals surface area contributed by atoms with Crippen LogP contribution >= 0.6 is 0 Å². The third-order valence-corrected chi connectivity index (χ3v) is 6.94. The van der Waals surface area contributed by atoms with Crippen molar-refractivity contribution in [3.05, 3.63) is 95.1 Å². The molecule has 3 aromatic carbocycles. The molecular formula is C26H28N2O5S. The average molecular weight is 481 g/mol. The van der Waals surface area contributed by atoms with Gasteiger partial charge in [-0.1, -0.05) is 47.5 Å². The number of sulfonamides is 1. The summed E-state index contributed by atoms with van der Waals surface area (Å²) in [6, 6.07) is 20.3. The van der Waals surface area contributed by atoms with Gasteiger partial charge in [0.1, 0.15) is 0 Å². The van der Waals surface area contributed by atoms with Crippen LogP contribution in [-0.2, 0) is 26.1 Å². The molecule has 0 bridgehead atoms. The summed E-state index contributed by atoms with van der Waals surface area (Å²) in [6.07, 6.45) is 0. The lowest BCUT2D eigenvalue weighted by atomic mass is 10.1. The first-order valence-electron chi connectivity index (χ1n) is 10.9. The molecule has 3 aromatic rings.